The van der Waals surface area contributed by atoms with Crippen molar-refractivity contribution in [3.63, 3.8) is 0 Å². The summed E-state index contributed by atoms with van der Waals surface area (Å²) < 4.78 is 0. The second-order valence-electron chi connectivity index (χ2n) is 5.40. The number of carbonyl (C=O) groups is 2. The van der Waals surface area contributed by atoms with Crippen molar-refractivity contribution in [3.05, 3.63) is 24.3 Å². The van der Waals surface area contributed by atoms with Crippen LogP contribution in [0, 0.1) is 5.92 Å². The van der Waals surface area contributed by atoms with Crippen molar-refractivity contribution in [1.29, 1.82) is 0 Å². The molecule has 4 nitrogen and oxygen atoms in total. The number of para-hydroxylation sites is 2. The first-order valence-electron chi connectivity index (χ1n) is 6.93. The Labute approximate surface area is 112 Å². The molecule has 2 aliphatic rings. The minimum Gasteiger partial charge on any atom is -0.323 e. The molecule has 0 bridgehead atoms. The summed E-state index contributed by atoms with van der Waals surface area (Å²) >= 11 is 0. The van der Waals surface area contributed by atoms with E-state index in [2.05, 4.69) is 5.32 Å². The molecule has 0 spiro atoms. The number of carbonyl (C=O) groups excluding carboxylic acids is 2. The highest BCUT2D eigenvalue weighted by Gasteiger charge is 2.28. The predicted molar refractivity (Wildman–Crippen MR) is 74.0 cm³/mol. The van der Waals surface area contributed by atoms with E-state index in [-0.39, 0.29) is 18.4 Å². The van der Waals surface area contributed by atoms with E-state index in [0.717, 1.165) is 24.2 Å². The van der Waals surface area contributed by atoms with Crippen LogP contribution in [0.2, 0.25) is 0 Å². The van der Waals surface area contributed by atoms with Gasteiger partial charge in [-0.1, -0.05) is 25.0 Å². The van der Waals surface area contributed by atoms with Crippen molar-refractivity contribution in [1.82, 2.24) is 0 Å². The van der Waals surface area contributed by atoms with E-state index < -0.39 is 0 Å². The molecule has 1 fully saturated rings. The van der Waals surface area contributed by atoms with Gasteiger partial charge in [-0.25, -0.2) is 0 Å². The summed E-state index contributed by atoms with van der Waals surface area (Å²) in [6.45, 7) is 0.141. The number of nitrogens with zero attached hydrogens (tertiary/aromatic N) is 1. The molecule has 1 aromatic carbocycles. The summed E-state index contributed by atoms with van der Waals surface area (Å²) in [6.07, 6.45) is 5.33. The lowest BCUT2D eigenvalue weighted by Gasteiger charge is -2.29. The van der Waals surface area contributed by atoms with Crippen LogP contribution in [0.25, 0.3) is 0 Å². The van der Waals surface area contributed by atoms with Gasteiger partial charge in [-0.15, -0.1) is 0 Å². The standard InChI is InChI=1S/C15H18N2O2/c18-14-10-17(13-8-4-3-7-12(13)16-14)15(19)9-11-5-1-2-6-11/h3-4,7-8,11H,1-2,5-6,9-10H2,(H,16,18). The van der Waals surface area contributed by atoms with E-state index in [4.69, 9.17) is 0 Å². The maximum atomic E-state index is 12.4. The number of hydrogen-bond donors (Lipinski definition) is 1. The first-order valence-corrected chi connectivity index (χ1v) is 6.93. The summed E-state index contributed by atoms with van der Waals surface area (Å²) in [5.41, 5.74) is 1.56. The van der Waals surface area contributed by atoms with Crippen molar-refractivity contribution in [2.45, 2.75) is 32.1 Å². The molecule has 4 heteroatoms. The van der Waals surface area contributed by atoms with E-state index in [0.29, 0.717) is 12.3 Å². The van der Waals surface area contributed by atoms with Gasteiger partial charge in [-0.2, -0.15) is 0 Å². The van der Waals surface area contributed by atoms with Crippen molar-refractivity contribution in [3.8, 4) is 0 Å². The second kappa shape index (κ2) is 5.03. The van der Waals surface area contributed by atoms with E-state index in [1.54, 1.807) is 4.90 Å². The fraction of sp³-hybridized carbons (Fsp3) is 0.467. The molecule has 1 aliphatic heterocycles. The van der Waals surface area contributed by atoms with E-state index in [9.17, 15) is 9.59 Å². The molecule has 19 heavy (non-hydrogen) atoms. The second-order valence-corrected chi connectivity index (χ2v) is 5.40. The normalized spacial score (nSPS) is 19.2. The molecule has 0 saturated heterocycles. The van der Waals surface area contributed by atoms with Crippen LogP contribution < -0.4 is 10.2 Å². The number of anilines is 2. The monoisotopic (exact) mass is 258 g/mol. The van der Waals surface area contributed by atoms with Crippen molar-refractivity contribution < 1.29 is 9.59 Å². The van der Waals surface area contributed by atoms with Crippen LogP contribution in [0.5, 0.6) is 0 Å². The zero-order chi connectivity index (χ0) is 13.2. The number of benzene rings is 1. The lowest BCUT2D eigenvalue weighted by Crippen LogP contribution is -2.42. The lowest BCUT2D eigenvalue weighted by molar-refractivity contribution is -0.122. The van der Waals surface area contributed by atoms with Crippen LogP contribution in [0.15, 0.2) is 24.3 Å². The summed E-state index contributed by atoms with van der Waals surface area (Å²) in [4.78, 5) is 25.7. The minimum absolute atomic E-state index is 0.0780. The molecule has 3 rings (SSSR count). The maximum Gasteiger partial charge on any atom is 0.244 e. The van der Waals surface area contributed by atoms with Gasteiger partial charge < -0.3 is 10.2 Å². The van der Waals surface area contributed by atoms with Crippen LogP contribution in [0.1, 0.15) is 32.1 Å². The number of fused-ring (bicyclic) bond motifs is 1. The highest BCUT2D eigenvalue weighted by Crippen LogP contribution is 2.32. The van der Waals surface area contributed by atoms with Crippen LogP contribution >= 0.6 is 0 Å². The van der Waals surface area contributed by atoms with Crippen LogP contribution in [0.3, 0.4) is 0 Å². The van der Waals surface area contributed by atoms with Crippen molar-refractivity contribution in [2.75, 3.05) is 16.8 Å². The number of rotatable bonds is 2. The zero-order valence-corrected chi connectivity index (χ0v) is 10.9. The molecule has 0 aromatic heterocycles. The fourth-order valence-corrected chi connectivity index (χ4v) is 3.03. The molecule has 0 unspecified atom stereocenters. The van der Waals surface area contributed by atoms with Crippen molar-refractivity contribution >= 4 is 23.2 Å². The molecule has 1 aliphatic carbocycles. The fourth-order valence-electron chi connectivity index (χ4n) is 3.03. The van der Waals surface area contributed by atoms with Gasteiger partial charge >= 0.3 is 0 Å². The van der Waals surface area contributed by atoms with E-state index in [1.165, 1.54) is 12.8 Å². The Morgan fingerprint density at radius 3 is 2.79 bits per heavy atom. The lowest BCUT2D eigenvalue weighted by atomic mass is 10.0. The molecule has 0 atom stereocenters. The van der Waals surface area contributed by atoms with Crippen molar-refractivity contribution in [2.24, 2.45) is 5.92 Å². The Kier molecular flexibility index (Phi) is 3.23. The molecule has 1 heterocycles. The molecular weight excluding hydrogens is 240 g/mol. The Morgan fingerprint density at radius 1 is 1.26 bits per heavy atom. The van der Waals surface area contributed by atoms with Crippen LogP contribution in [0.4, 0.5) is 11.4 Å². The maximum absolute atomic E-state index is 12.4. The summed E-state index contributed by atoms with van der Waals surface area (Å²) in [7, 11) is 0. The minimum atomic E-state index is -0.113. The first kappa shape index (κ1) is 12.2. The third-order valence-electron chi connectivity index (χ3n) is 4.01. The molecular formula is C15H18N2O2. The summed E-state index contributed by atoms with van der Waals surface area (Å²) in [5, 5.41) is 2.81. The van der Waals surface area contributed by atoms with Gasteiger partial charge in [-0.05, 0) is 30.9 Å². The molecule has 100 valence electrons. The van der Waals surface area contributed by atoms with Gasteiger partial charge in [0, 0.05) is 6.42 Å². The van der Waals surface area contributed by atoms with Gasteiger partial charge in [0.15, 0.2) is 0 Å². The van der Waals surface area contributed by atoms with Gasteiger partial charge in [0.1, 0.15) is 6.54 Å². The quantitative estimate of drug-likeness (QED) is 0.886. The van der Waals surface area contributed by atoms with Gasteiger partial charge in [0.05, 0.1) is 11.4 Å². The average molecular weight is 258 g/mol. The van der Waals surface area contributed by atoms with Gasteiger partial charge in [-0.3, -0.25) is 9.59 Å². The van der Waals surface area contributed by atoms with E-state index >= 15 is 0 Å². The highest BCUT2D eigenvalue weighted by atomic mass is 16.2. The Hall–Kier alpha value is -1.84. The predicted octanol–water partition coefficient (Wildman–Crippen LogP) is 2.55. The highest BCUT2D eigenvalue weighted by molar-refractivity contribution is 6.09. The number of hydrogen-bond acceptors (Lipinski definition) is 2. The number of nitrogens with one attached hydrogen (secondary N) is 1. The molecule has 0 radical (unpaired) electrons. The smallest absolute Gasteiger partial charge is 0.244 e. The Balaban J connectivity index is 1.79. The van der Waals surface area contributed by atoms with Gasteiger partial charge in [0.2, 0.25) is 11.8 Å². The topological polar surface area (TPSA) is 49.4 Å². The Morgan fingerprint density at radius 2 is 2.00 bits per heavy atom. The molecule has 1 N–H and O–H groups in total. The van der Waals surface area contributed by atoms with E-state index in [1.807, 2.05) is 24.3 Å². The van der Waals surface area contributed by atoms with Crippen LogP contribution in [-0.2, 0) is 9.59 Å². The molecule has 1 saturated carbocycles. The summed E-state index contributed by atoms with van der Waals surface area (Å²) in [6, 6.07) is 7.49. The van der Waals surface area contributed by atoms with Crippen LogP contribution in [-0.4, -0.2) is 18.4 Å². The summed E-state index contributed by atoms with van der Waals surface area (Å²) in [5.74, 6) is 0.470. The largest absolute Gasteiger partial charge is 0.323 e. The number of amides is 2. The third-order valence-corrected chi connectivity index (χ3v) is 4.01. The molecule has 2 amide bonds. The molecule has 1 aromatic rings. The SMILES string of the molecule is O=C1CN(C(=O)CC2CCCC2)c2ccccc2N1. The average Bonchev–Trinajstić information content (AvgIpc) is 2.90. The first-order chi connectivity index (χ1) is 9.24. The third kappa shape index (κ3) is 2.48. The zero-order valence-electron chi connectivity index (χ0n) is 10.9. The Bertz CT molecular complexity index is 507. The van der Waals surface area contributed by atoms with Gasteiger partial charge in [0.25, 0.3) is 0 Å².